The summed E-state index contributed by atoms with van der Waals surface area (Å²) in [5, 5.41) is 3.18. The summed E-state index contributed by atoms with van der Waals surface area (Å²) < 4.78 is 0. The van der Waals surface area contributed by atoms with Gasteiger partial charge in [0.2, 0.25) is 0 Å². The third-order valence-corrected chi connectivity index (χ3v) is 3.77. The van der Waals surface area contributed by atoms with E-state index in [-0.39, 0.29) is 0 Å². The van der Waals surface area contributed by atoms with Crippen molar-refractivity contribution in [3.63, 3.8) is 0 Å². The predicted molar refractivity (Wildman–Crippen MR) is 77.0 cm³/mol. The summed E-state index contributed by atoms with van der Waals surface area (Å²) in [5.74, 6) is 1.14. The normalized spacial score (nSPS) is 19.0. The van der Waals surface area contributed by atoms with Gasteiger partial charge < -0.3 is 10.2 Å². The highest BCUT2D eigenvalue weighted by Gasteiger charge is 2.27. The molecule has 0 aliphatic carbocycles. The molecule has 2 rings (SSSR count). The zero-order chi connectivity index (χ0) is 13.2. The maximum atomic E-state index is 4.77. The minimum atomic E-state index is 0.414. The molecule has 0 unspecified atom stereocenters. The monoisotopic (exact) mass is 247 g/mol. The quantitative estimate of drug-likeness (QED) is 0.890. The van der Waals surface area contributed by atoms with E-state index in [0.717, 1.165) is 31.1 Å². The number of rotatable bonds is 3. The highest BCUT2D eigenvalue weighted by molar-refractivity contribution is 5.42. The number of pyridine rings is 1. The van der Waals surface area contributed by atoms with Gasteiger partial charge in [0.25, 0.3) is 0 Å². The first-order valence-corrected chi connectivity index (χ1v) is 6.88. The molecule has 1 saturated heterocycles. The Morgan fingerprint density at radius 3 is 2.78 bits per heavy atom. The number of nitrogens with zero attached hydrogens (tertiary/aromatic N) is 2. The Hall–Kier alpha value is -1.09. The molecule has 0 aromatic carbocycles. The lowest BCUT2D eigenvalue weighted by molar-refractivity contribution is 0.292. The average Bonchev–Trinajstić information content (AvgIpc) is 2.30. The smallest absolute Gasteiger partial charge is 0.128 e. The minimum absolute atomic E-state index is 0.414. The van der Waals surface area contributed by atoms with Crippen LogP contribution in [0.5, 0.6) is 0 Å². The Labute approximate surface area is 111 Å². The van der Waals surface area contributed by atoms with Gasteiger partial charge in [-0.25, -0.2) is 4.98 Å². The first-order chi connectivity index (χ1) is 8.52. The van der Waals surface area contributed by atoms with E-state index in [2.05, 4.69) is 43.1 Å². The Balaban J connectivity index is 2.16. The molecule has 1 N–H and O–H groups in total. The van der Waals surface area contributed by atoms with Crippen molar-refractivity contribution in [2.24, 2.45) is 5.41 Å². The minimum Gasteiger partial charge on any atom is -0.356 e. The van der Waals surface area contributed by atoms with E-state index in [4.69, 9.17) is 4.98 Å². The number of aryl methyl sites for hydroxylation is 1. The largest absolute Gasteiger partial charge is 0.356 e. The topological polar surface area (TPSA) is 28.2 Å². The van der Waals surface area contributed by atoms with Gasteiger partial charge in [-0.15, -0.1) is 0 Å². The van der Waals surface area contributed by atoms with Crippen LogP contribution in [0.3, 0.4) is 0 Å². The molecule has 0 radical (unpaired) electrons. The zero-order valence-electron chi connectivity index (χ0n) is 12.1. The van der Waals surface area contributed by atoms with Crippen LogP contribution in [-0.4, -0.2) is 25.1 Å². The summed E-state index contributed by atoms with van der Waals surface area (Å²) in [6.07, 6.45) is 2.59. The first kappa shape index (κ1) is 13.3. The molecule has 0 bridgehead atoms. The lowest BCUT2D eigenvalue weighted by Crippen LogP contribution is -2.40. The van der Waals surface area contributed by atoms with Crippen molar-refractivity contribution in [2.75, 3.05) is 25.0 Å². The maximum Gasteiger partial charge on any atom is 0.128 e. The third-order valence-electron chi connectivity index (χ3n) is 3.77. The summed E-state index contributed by atoms with van der Waals surface area (Å²) in [4.78, 5) is 7.20. The van der Waals surface area contributed by atoms with Gasteiger partial charge in [-0.3, -0.25) is 0 Å². The van der Waals surface area contributed by atoms with Gasteiger partial charge in [-0.05, 0) is 43.9 Å². The third kappa shape index (κ3) is 3.02. The van der Waals surface area contributed by atoms with E-state index in [9.17, 15) is 0 Å². The standard InChI is InChI=1S/C15H25N3/c1-12-13(10-16-4)6-7-14(17-12)18-9-5-8-15(2,3)11-18/h6-7,16H,5,8-11H2,1-4H3. The number of hydrogen-bond donors (Lipinski definition) is 1. The molecule has 1 aliphatic heterocycles. The van der Waals surface area contributed by atoms with Crippen molar-refractivity contribution in [2.45, 2.75) is 40.2 Å². The van der Waals surface area contributed by atoms with Gasteiger partial charge in [-0.1, -0.05) is 19.9 Å². The second kappa shape index (κ2) is 5.27. The second-order valence-corrected chi connectivity index (χ2v) is 6.13. The average molecular weight is 247 g/mol. The fourth-order valence-corrected chi connectivity index (χ4v) is 2.75. The number of aromatic nitrogens is 1. The molecule has 3 nitrogen and oxygen atoms in total. The molecule has 0 saturated carbocycles. The van der Waals surface area contributed by atoms with E-state index in [0.29, 0.717) is 5.41 Å². The molecular weight excluding hydrogens is 222 g/mol. The predicted octanol–water partition coefficient (Wildman–Crippen LogP) is 2.74. The molecule has 1 aromatic heterocycles. The highest BCUT2D eigenvalue weighted by Crippen LogP contribution is 2.31. The number of anilines is 1. The Morgan fingerprint density at radius 1 is 1.39 bits per heavy atom. The molecule has 0 atom stereocenters. The molecule has 100 valence electrons. The van der Waals surface area contributed by atoms with Crippen LogP contribution in [0.15, 0.2) is 12.1 Å². The van der Waals surface area contributed by atoms with E-state index < -0.39 is 0 Å². The van der Waals surface area contributed by atoms with Gasteiger partial charge in [0, 0.05) is 25.3 Å². The van der Waals surface area contributed by atoms with Crippen LogP contribution in [0.1, 0.15) is 37.9 Å². The van der Waals surface area contributed by atoms with Crippen LogP contribution in [-0.2, 0) is 6.54 Å². The van der Waals surface area contributed by atoms with Crippen molar-refractivity contribution in [1.29, 1.82) is 0 Å². The number of nitrogens with one attached hydrogen (secondary N) is 1. The Morgan fingerprint density at radius 2 is 2.17 bits per heavy atom. The SMILES string of the molecule is CNCc1ccc(N2CCCC(C)(C)C2)nc1C. The molecule has 1 aliphatic rings. The van der Waals surface area contributed by atoms with Gasteiger partial charge in [0.05, 0.1) is 0 Å². The maximum absolute atomic E-state index is 4.77. The van der Waals surface area contributed by atoms with E-state index in [1.807, 2.05) is 7.05 Å². The van der Waals surface area contributed by atoms with Crippen molar-refractivity contribution < 1.29 is 0 Å². The van der Waals surface area contributed by atoms with Gasteiger partial charge in [0.1, 0.15) is 5.82 Å². The molecular formula is C15H25N3. The number of piperidine rings is 1. The van der Waals surface area contributed by atoms with Crippen molar-refractivity contribution >= 4 is 5.82 Å². The lowest BCUT2D eigenvalue weighted by atomic mass is 9.84. The Kier molecular flexibility index (Phi) is 3.91. The molecule has 2 heterocycles. The van der Waals surface area contributed by atoms with Crippen molar-refractivity contribution in [1.82, 2.24) is 10.3 Å². The van der Waals surface area contributed by atoms with Crippen molar-refractivity contribution in [3.05, 3.63) is 23.4 Å². The van der Waals surface area contributed by atoms with Gasteiger partial charge in [0.15, 0.2) is 0 Å². The van der Waals surface area contributed by atoms with Crippen molar-refractivity contribution in [3.8, 4) is 0 Å². The van der Waals surface area contributed by atoms with Crippen LogP contribution < -0.4 is 10.2 Å². The first-order valence-electron chi connectivity index (χ1n) is 6.88. The summed E-state index contributed by atoms with van der Waals surface area (Å²) in [7, 11) is 1.97. The van der Waals surface area contributed by atoms with Gasteiger partial charge in [-0.2, -0.15) is 0 Å². The fraction of sp³-hybridized carbons (Fsp3) is 0.667. The summed E-state index contributed by atoms with van der Waals surface area (Å²) in [6.45, 7) is 9.95. The highest BCUT2D eigenvalue weighted by atomic mass is 15.2. The van der Waals surface area contributed by atoms with Crippen LogP contribution in [0.4, 0.5) is 5.82 Å². The molecule has 1 aromatic rings. The molecule has 18 heavy (non-hydrogen) atoms. The van der Waals surface area contributed by atoms with Crippen LogP contribution in [0, 0.1) is 12.3 Å². The lowest BCUT2D eigenvalue weighted by Gasteiger charge is -2.38. The summed E-state index contributed by atoms with van der Waals surface area (Å²) in [6, 6.07) is 4.37. The van der Waals surface area contributed by atoms with Crippen LogP contribution in [0.2, 0.25) is 0 Å². The van der Waals surface area contributed by atoms with E-state index in [1.54, 1.807) is 0 Å². The van der Waals surface area contributed by atoms with E-state index >= 15 is 0 Å². The summed E-state index contributed by atoms with van der Waals surface area (Å²) in [5.41, 5.74) is 2.85. The number of hydrogen-bond acceptors (Lipinski definition) is 3. The molecule has 3 heteroatoms. The van der Waals surface area contributed by atoms with Crippen LogP contribution in [0.25, 0.3) is 0 Å². The molecule has 0 spiro atoms. The second-order valence-electron chi connectivity index (χ2n) is 6.13. The summed E-state index contributed by atoms with van der Waals surface area (Å²) >= 11 is 0. The molecule has 0 amide bonds. The molecule has 1 fully saturated rings. The zero-order valence-corrected chi connectivity index (χ0v) is 12.1. The van der Waals surface area contributed by atoms with Gasteiger partial charge >= 0.3 is 0 Å². The van der Waals surface area contributed by atoms with E-state index in [1.165, 1.54) is 18.4 Å². The Bertz CT molecular complexity index is 412. The fourth-order valence-electron chi connectivity index (χ4n) is 2.75. The van der Waals surface area contributed by atoms with Crippen LogP contribution >= 0.6 is 0 Å².